The van der Waals surface area contributed by atoms with Crippen LogP contribution in [0.2, 0.25) is 0 Å². The number of amides is 2. The van der Waals surface area contributed by atoms with Crippen molar-refractivity contribution in [2.45, 2.75) is 37.5 Å². The van der Waals surface area contributed by atoms with Crippen molar-refractivity contribution in [3.8, 4) is 28.4 Å². The van der Waals surface area contributed by atoms with E-state index in [1.165, 1.54) is 12.0 Å². The lowest BCUT2D eigenvalue weighted by molar-refractivity contribution is -0.192. The van der Waals surface area contributed by atoms with E-state index in [9.17, 15) is 27.6 Å². The van der Waals surface area contributed by atoms with Gasteiger partial charge in [0.25, 0.3) is 0 Å². The number of carbonyl (C=O) groups is 4. The van der Waals surface area contributed by atoms with Crippen LogP contribution >= 0.6 is 0 Å². The Kier molecular flexibility index (Phi) is 7.75. The first-order chi connectivity index (χ1) is 20.4. The van der Waals surface area contributed by atoms with E-state index in [-0.39, 0.29) is 25.2 Å². The Bertz CT molecular complexity index is 1480. The van der Waals surface area contributed by atoms with Gasteiger partial charge in [-0.2, -0.15) is 13.2 Å². The van der Waals surface area contributed by atoms with E-state index in [1.807, 2.05) is 41.3 Å². The predicted octanol–water partition coefficient (Wildman–Crippen LogP) is 3.41. The maximum atomic E-state index is 13.5. The number of halogens is 3. The number of carboxylic acid groups (broad SMARTS) is 1. The lowest BCUT2D eigenvalue weighted by Gasteiger charge is -2.36. The largest absolute Gasteiger partial charge is 0.496 e. The molecule has 0 saturated carbocycles. The molecule has 1 N–H and O–H groups in total. The zero-order chi connectivity index (χ0) is 31.3. The van der Waals surface area contributed by atoms with Crippen molar-refractivity contribution in [3.05, 3.63) is 42.0 Å². The van der Waals surface area contributed by atoms with Crippen LogP contribution in [-0.4, -0.2) is 84.5 Å². The van der Waals surface area contributed by atoms with Crippen molar-refractivity contribution in [1.29, 1.82) is 0 Å². The van der Waals surface area contributed by atoms with Crippen molar-refractivity contribution in [2.24, 2.45) is 11.8 Å². The van der Waals surface area contributed by atoms with Gasteiger partial charge in [-0.05, 0) is 55.6 Å². The summed E-state index contributed by atoms with van der Waals surface area (Å²) in [5.41, 5.74) is 1.46. The maximum Gasteiger partial charge on any atom is 0.490 e. The molecule has 0 aromatic heterocycles. The fourth-order valence-corrected chi connectivity index (χ4v) is 6.76. The van der Waals surface area contributed by atoms with E-state index in [1.54, 1.807) is 14.0 Å². The Morgan fingerprint density at radius 3 is 2.40 bits per heavy atom. The highest BCUT2D eigenvalue weighted by Gasteiger charge is 2.73. The minimum Gasteiger partial charge on any atom is -0.496 e. The number of esters is 1. The lowest BCUT2D eigenvalue weighted by Crippen LogP contribution is -2.54. The molecule has 3 saturated heterocycles. The number of ether oxygens (including phenoxy) is 4. The molecule has 2 amide bonds. The maximum absolute atomic E-state index is 13.5. The van der Waals surface area contributed by atoms with Crippen LogP contribution in [0.3, 0.4) is 0 Å². The number of hydrogen-bond donors (Lipinski definition) is 1. The minimum absolute atomic E-state index is 0.193. The highest BCUT2D eigenvalue weighted by Crippen LogP contribution is 2.59. The minimum atomic E-state index is -5.08. The molecule has 4 heterocycles. The standard InChI is InChI=1S/C27H28N2O7.C2HF3O2/c1-4-28-24(30)21-22(25(28)31)27(26(32)34-3)10-5-11-29(27)23(21)16-6-8-17(19(13-16)33-2)15-7-9-18-20(12-15)36-14-35-18;3-2(4,5)1(6)7/h6-9,12-13,21-23H,4-5,10-11,14H2,1-3H3;(H,6,7)/t21-,22-,23+,27-;/m0./s1. The van der Waals surface area contributed by atoms with Crippen molar-refractivity contribution < 1.29 is 56.4 Å². The van der Waals surface area contributed by atoms with Gasteiger partial charge in [-0.15, -0.1) is 0 Å². The molecule has 6 rings (SSSR count). The van der Waals surface area contributed by atoms with Gasteiger partial charge in [0.1, 0.15) is 11.3 Å². The molecule has 14 heteroatoms. The molecule has 4 aliphatic rings. The fraction of sp³-hybridized carbons (Fsp3) is 0.448. The van der Waals surface area contributed by atoms with Gasteiger partial charge in [0.05, 0.1) is 26.1 Å². The number of hydrogen-bond acceptors (Lipinski definition) is 9. The van der Waals surface area contributed by atoms with Gasteiger partial charge in [-0.25, -0.2) is 4.79 Å². The number of likely N-dealkylation sites (tertiary alicyclic amines) is 1. The summed E-state index contributed by atoms with van der Waals surface area (Å²) in [6.45, 7) is 2.86. The first kappa shape index (κ1) is 30.1. The van der Waals surface area contributed by atoms with Gasteiger partial charge in [-0.1, -0.05) is 18.2 Å². The van der Waals surface area contributed by atoms with Crippen molar-refractivity contribution in [1.82, 2.24) is 9.80 Å². The van der Waals surface area contributed by atoms with E-state index in [2.05, 4.69) is 0 Å². The quantitative estimate of drug-likeness (QED) is 0.399. The second-order valence-electron chi connectivity index (χ2n) is 10.4. The normalized spacial score (nSPS) is 25.6. The van der Waals surface area contributed by atoms with Gasteiger partial charge in [0.15, 0.2) is 11.5 Å². The number of rotatable bonds is 5. The highest BCUT2D eigenvalue weighted by atomic mass is 19.4. The zero-order valence-electron chi connectivity index (χ0n) is 23.5. The Morgan fingerprint density at radius 1 is 1.07 bits per heavy atom. The predicted molar refractivity (Wildman–Crippen MR) is 141 cm³/mol. The summed E-state index contributed by atoms with van der Waals surface area (Å²) in [5.74, 6) is -3.13. The first-order valence-electron chi connectivity index (χ1n) is 13.5. The molecule has 43 heavy (non-hydrogen) atoms. The van der Waals surface area contributed by atoms with E-state index >= 15 is 0 Å². The van der Waals surface area contributed by atoms with Crippen LogP contribution in [0.5, 0.6) is 17.2 Å². The van der Waals surface area contributed by atoms with Crippen LogP contribution in [0.25, 0.3) is 11.1 Å². The number of carbonyl (C=O) groups excluding carboxylic acids is 3. The summed E-state index contributed by atoms with van der Waals surface area (Å²) in [5, 5.41) is 7.12. The number of nitrogens with zero attached hydrogens (tertiary/aromatic N) is 2. The van der Waals surface area contributed by atoms with Crippen LogP contribution in [0.1, 0.15) is 31.4 Å². The Balaban J connectivity index is 0.000000472. The van der Waals surface area contributed by atoms with Gasteiger partial charge < -0.3 is 24.1 Å². The molecular weight excluding hydrogens is 577 g/mol. The molecule has 230 valence electrons. The third-order valence-electron chi connectivity index (χ3n) is 8.45. The number of carboxylic acids is 1. The fourth-order valence-electron chi connectivity index (χ4n) is 6.76. The molecule has 0 bridgehead atoms. The van der Waals surface area contributed by atoms with Crippen LogP contribution in [0, 0.1) is 11.8 Å². The number of benzene rings is 2. The number of alkyl halides is 3. The molecule has 2 aromatic carbocycles. The molecule has 0 radical (unpaired) electrons. The average Bonchev–Trinajstić information content (AvgIpc) is 3.73. The van der Waals surface area contributed by atoms with Crippen LogP contribution in [-0.2, 0) is 23.9 Å². The molecule has 4 aliphatic heterocycles. The zero-order valence-corrected chi connectivity index (χ0v) is 23.5. The summed E-state index contributed by atoms with van der Waals surface area (Å²) in [4.78, 5) is 52.4. The Labute approximate surface area is 244 Å². The van der Waals surface area contributed by atoms with Crippen LogP contribution in [0.15, 0.2) is 36.4 Å². The van der Waals surface area contributed by atoms with Gasteiger partial charge in [-0.3, -0.25) is 24.2 Å². The molecule has 0 unspecified atom stereocenters. The molecule has 3 fully saturated rings. The van der Waals surface area contributed by atoms with Gasteiger partial charge in [0.2, 0.25) is 18.6 Å². The number of aliphatic carboxylic acids is 1. The van der Waals surface area contributed by atoms with Crippen molar-refractivity contribution >= 4 is 23.8 Å². The van der Waals surface area contributed by atoms with E-state index in [0.29, 0.717) is 30.2 Å². The molecule has 4 atom stereocenters. The first-order valence-corrected chi connectivity index (χ1v) is 13.5. The van der Waals surface area contributed by atoms with Crippen molar-refractivity contribution in [2.75, 3.05) is 34.1 Å². The highest BCUT2D eigenvalue weighted by molar-refractivity contribution is 6.09. The number of imide groups is 1. The smallest absolute Gasteiger partial charge is 0.490 e. The molecule has 11 nitrogen and oxygen atoms in total. The second kappa shape index (κ2) is 11.1. The summed E-state index contributed by atoms with van der Waals surface area (Å²) in [7, 11) is 2.95. The molecule has 0 aliphatic carbocycles. The summed E-state index contributed by atoms with van der Waals surface area (Å²) >= 11 is 0. The number of methoxy groups -OCH3 is 2. The van der Waals surface area contributed by atoms with Crippen LogP contribution in [0.4, 0.5) is 13.2 Å². The lowest BCUT2D eigenvalue weighted by atomic mass is 9.77. The average molecular weight is 607 g/mol. The topological polar surface area (TPSA) is 132 Å². The third-order valence-corrected chi connectivity index (χ3v) is 8.45. The summed E-state index contributed by atoms with van der Waals surface area (Å²) < 4.78 is 53.7. The van der Waals surface area contributed by atoms with E-state index in [4.69, 9.17) is 28.8 Å². The van der Waals surface area contributed by atoms with Crippen LogP contribution < -0.4 is 14.2 Å². The molecule has 0 spiro atoms. The monoisotopic (exact) mass is 606 g/mol. The number of fused-ring (bicyclic) bond motifs is 4. The van der Waals surface area contributed by atoms with E-state index in [0.717, 1.165) is 23.1 Å². The second-order valence-corrected chi connectivity index (χ2v) is 10.4. The van der Waals surface area contributed by atoms with Crippen molar-refractivity contribution in [3.63, 3.8) is 0 Å². The van der Waals surface area contributed by atoms with Gasteiger partial charge >= 0.3 is 18.1 Å². The summed E-state index contributed by atoms with van der Waals surface area (Å²) in [6.07, 6.45) is -3.85. The molecular formula is C29H29F3N2O9. The summed E-state index contributed by atoms with van der Waals surface area (Å²) in [6, 6.07) is 11.1. The van der Waals surface area contributed by atoms with Gasteiger partial charge in [0, 0.05) is 18.2 Å². The molecule has 2 aromatic rings. The Hall–Kier alpha value is -4.33. The third kappa shape index (κ3) is 4.73. The van der Waals surface area contributed by atoms with E-state index < -0.39 is 41.5 Å². The Morgan fingerprint density at radius 2 is 1.77 bits per heavy atom. The SMILES string of the molecule is CCN1C(=O)[C@@H]2[C@@H](c3ccc(-c4ccc5c(c4)OCO5)c(OC)c3)N3CCC[C@@]3(C(=O)OC)[C@@H]2C1=O.O=C(O)C(F)(F)F.